The Bertz CT molecular complexity index is 488. The molecule has 3 saturated heterocycles. The first-order valence-corrected chi connectivity index (χ1v) is 11.0. The summed E-state index contributed by atoms with van der Waals surface area (Å²) in [5.74, 6) is 0.616. The number of hydrogen-bond donors (Lipinski definition) is 1. The number of carbonyl (C=O) groups is 1. The van der Waals surface area contributed by atoms with E-state index in [0.29, 0.717) is 11.9 Å². The van der Waals surface area contributed by atoms with Crippen molar-refractivity contribution < 1.29 is 14.6 Å². The van der Waals surface area contributed by atoms with Gasteiger partial charge in [-0.3, -0.25) is 9.69 Å². The maximum absolute atomic E-state index is 13.1. The maximum atomic E-state index is 13.1. The van der Waals surface area contributed by atoms with Crippen LogP contribution in [0.1, 0.15) is 64.2 Å². The largest absolute Gasteiger partial charge is 0.392 e. The van der Waals surface area contributed by atoms with E-state index in [0.717, 1.165) is 84.3 Å². The molecule has 1 saturated carbocycles. The van der Waals surface area contributed by atoms with Crippen molar-refractivity contribution in [2.75, 3.05) is 39.4 Å². The minimum atomic E-state index is -0.263. The number of aliphatic hydroxyl groups is 1. The molecule has 1 N–H and O–H groups in total. The standard InChI is InChI=1S/C21H36N2O3/c24-19-7-12-22(18-8-13-26-14-9-18)15-21(19)10-4-11-23(16-21)20(25)17-5-2-1-3-6-17/h17-19,24H,1-16H2/t19-,21-/m1/s1. The molecule has 1 spiro atoms. The molecule has 4 fully saturated rings. The number of piperidine rings is 2. The van der Waals surface area contributed by atoms with Crippen LogP contribution in [-0.4, -0.2) is 72.4 Å². The fraction of sp³-hybridized carbons (Fsp3) is 0.952. The monoisotopic (exact) mass is 364 g/mol. The van der Waals surface area contributed by atoms with E-state index in [-0.39, 0.29) is 17.4 Å². The van der Waals surface area contributed by atoms with E-state index < -0.39 is 0 Å². The van der Waals surface area contributed by atoms with Crippen molar-refractivity contribution in [3.63, 3.8) is 0 Å². The van der Waals surface area contributed by atoms with Crippen LogP contribution in [0.4, 0.5) is 0 Å². The Hall–Kier alpha value is -0.650. The van der Waals surface area contributed by atoms with Gasteiger partial charge in [0.2, 0.25) is 5.91 Å². The minimum absolute atomic E-state index is 0.112. The molecule has 0 aromatic heterocycles. The van der Waals surface area contributed by atoms with E-state index >= 15 is 0 Å². The zero-order valence-corrected chi connectivity index (χ0v) is 16.2. The molecule has 0 aromatic rings. The highest BCUT2D eigenvalue weighted by Crippen LogP contribution is 2.41. The van der Waals surface area contributed by atoms with Crippen LogP contribution in [-0.2, 0) is 9.53 Å². The molecule has 148 valence electrons. The van der Waals surface area contributed by atoms with Crippen LogP contribution in [0.3, 0.4) is 0 Å². The first-order valence-electron chi connectivity index (χ1n) is 11.0. The predicted octanol–water partition coefficient (Wildman–Crippen LogP) is 2.42. The lowest BCUT2D eigenvalue weighted by molar-refractivity contribution is -0.148. The third-order valence-electron chi connectivity index (χ3n) is 7.50. The lowest BCUT2D eigenvalue weighted by Crippen LogP contribution is -2.62. The molecule has 0 radical (unpaired) electrons. The average molecular weight is 365 g/mol. The van der Waals surface area contributed by atoms with E-state index in [1.807, 2.05) is 0 Å². The molecule has 26 heavy (non-hydrogen) atoms. The number of hydrogen-bond acceptors (Lipinski definition) is 4. The lowest BCUT2D eigenvalue weighted by atomic mass is 9.70. The molecule has 0 bridgehead atoms. The average Bonchev–Trinajstić information content (AvgIpc) is 2.71. The quantitative estimate of drug-likeness (QED) is 0.818. The molecule has 0 unspecified atom stereocenters. The number of carbonyl (C=O) groups excluding carboxylic acids is 1. The van der Waals surface area contributed by atoms with Gasteiger partial charge in [-0.15, -0.1) is 0 Å². The Balaban J connectivity index is 1.43. The van der Waals surface area contributed by atoms with Crippen molar-refractivity contribution in [2.45, 2.75) is 76.4 Å². The second-order valence-electron chi connectivity index (χ2n) is 9.18. The summed E-state index contributed by atoms with van der Waals surface area (Å²) in [5.41, 5.74) is -0.112. The van der Waals surface area contributed by atoms with Crippen molar-refractivity contribution in [1.29, 1.82) is 0 Å². The van der Waals surface area contributed by atoms with Crippen molar-refractivity contribution in [2.24, 2.45) is 11.3 Å². The molecule has 3 heterocycles. The van der Waals surface area contributed by atoms with E-state index in [1.54, 1.807) is 0 Å². The number of likely N-dealkylation sites (tertiary alicyclic amines) is 2. The number of rotatable bonds is 2. The molecule has 4 rings (SSSR count). The first kappa shape index (κ1) is 18.7. The minimum Gasteiger partial charge on any atom is -0.392 e. The van der Waals surface area contributed by atoms with Gasteiger partial charge in [-0.05, 0) is 44.9 Å². The summed E-state index contributed by atoms with van der Waals surface area (Å²) < 4.78 is 5.54. The van der Waals surface area contributed by atoms with Gasteiger partial charge < -0.3 is 14.7 Å². The van der Waals surface area contributed by atoms with Crippen LogP contribution < -0.4 is 0 Å². The predicted molar refractivity (Wildman–Crippen MR) is 101 cm³/mol. The highest BCUT2D eigenvalue weighted by molar-refractivity contribution is 5.79. The zero-order chi connectivity index (χ0) is 18.0. The van der Waals surface area contributed by atoms with E-state index in [2.05, 4.69) is 9.80 Å². The number of aliphatic hydroxyl groups excluding tert-OH is 1. The molecule has 1 amide bonds. The lowest BCUT2D eigenvalue weighted by Gasteiger charge is -2.53. The summed E-state index contributed by atoms with van der Waals surface area (Å²) in [7, 11) is 0. The molecule has 5 nitrogen and oxygen atoms in total. The van der Waals surface area contributed by atoms with Crippen LogP contribution >= 0.6 is 0 Å². The summed E-state index contributed by atoms with van der Waals surface area (Å²) in [5, 5.41) is 10.9. The molecule has 5 heteroatoms. The van der Waals surface area contributed by atoms with Crippen LogP contribution in [0, 0.1) is 11.3 Å². The van der Waals surface area contributed by atoms with Crippen LogP contribution in [0.5, 0.6) is 0 Å². The Morgan fingerprint density at radius 2 is 1.69 bits per heavy atom. The molecule has 0 aromatic carbocycles. The first-order chi connectivity index (χ1) is 12.7. The number of amides is 1. The highest BCUT2D eigenvalue weighted by atomic mass is 16.5. The topological polar surface area (TPSA) is 53.0 Å². The molecular formula is C21H36N2O3. The van der Waals surface area contributed by atoms with E-state index in [1.165, 1.54) is 19.3 Å². The summed E-state index contributed by atoms with van der Waals surface area (Å²) in [4.78, 5) is 17.8. The SMILES string of the molecule is O=C(C1CCCCC1)N1CCC[C@]2(C1)CN(C1CCOCC1)CC[C@H]2O. The summed E-state index contributed by atoms with van der Waals surface area (Å²) in [6.45, 7) is 5.33. The molecule has 1 aliphatic carbocycles. The number of nitrogens with zero attached hydrogens (tertiary/aromatic N) is 2. The van der Waals surface area contributed by atoms with Gasteiger partial charge in [0.15, 0.2) is 0 Å². The summed E-state index contributed by atoms with van der Waals surface area (Å²) >= 11 is 0. The van der Waals surface area contributed by atoms with Gasteiger partial charge in [0.25, 0.3) is 0 Å². The maximum Gasteiger partial charge on any atom is 0.225 e. The van der Waals surface area contributed by atoms with Gasteiger partial charge in [-0.1, -0.05) is 19.3 Å². The molecular weight excluding hydrogens is 328 g/mol. The van der Waals surface area contributed by atoms with Crippen molar-refractivity contribution in [1.82, 2.24) is 9.80 Å². The summed E-state index contributed by atoms with van der Waals surface area (Å²) in [6.07, 6.45) is 10.7. The Morgan fingerprint density at radius 3 is 2.46 bits per heavy atom. The Labute approximate surface area is 158 Å². The van der Waals surface area contributed by atoms with Gasteiger partial charge in [-0.2, -0.15) is 0 Å². The van der Waals surface area contributed by atoms with E-state index in [9.17, 15) is 9.90 Å². The van der Waals surface area contributed by atoms with Crippen LogP contribution in [0.2, 0.25) is 0 Å². The normalized spacial score (nSPS) is 35.7. The molecule has 2 atom stereocenters. The third-order valence-corrected chi connectivity index (χ3v) is 7.50. The Kier molecular flexibility index (Phi) is 5.87. The molecule has 3 aliphatic heterocycles. The zero-order valence-electron chi connectivity index (χ0n) is 16.2. The van der Waals surface area contributed by atoms with Gasteiger partial charge in [0, 0.05) is 56.8 Å². The van der Waals surface area contributed by atoms with E-state index in [4.69, 9.17) is 4.74 Å². The summed E-state index contributed by atoms with van der Waals surface area (Å²) in [6, 6.07) is 0.595. The van der Waals surface area contributed by atoms with Crippen LogP contribution in [0.25, 0.3) is 0 Å². The van der Waals surface area contributed by atoms with Gasteiger partial charge in [0.05, 0.1) is 6.10 Å². The van der Waals surface area contributed by atoms with Crippen LogP contribution in [0.15, 0.2) is 0 Å². The highest BCUT2D eigenvalue weighted by Gasteiger charge is 2.48. The van der Waals surface area contributed by atoms with Gasteiger partial charge in [0.1, 0.15) is 0 Å². The third kappa shape index (κ3) is 3.81. The van der Waals surface area contributed by atoms with Crippen molar-refractivity contribution in [3.05, 3.63) is 0 Å². The second kappa shape index (κ2) is 8.15. The van der Waals surface area contributed by atoms with Gasteiger partial charge in [-0.25, -0.2) is 0 Å². The second-order valence-corrected chi connectivity index (χ2v) is 9.18. The smallest absolute Gasteiger partial charge is 0.225 e. The Morgan fingerprint density at radius 1 is 0.923 bits per heavy atom. The fourth-order valence-corrected chi connectivity index (χ4v) is 5.90. The van der Waals surface area contributed by atoms with Crippen molar-refractivity contribution >= 4 is 5.91 Å². The molecule has 4 aliphatic rings. The number of ether oxygens (including phenoxy) is 1. The van der Waals surface area contributed by atoms with Crippen molar-refractivity contribution in [3.8, 4) is 0 Å². The fourth-order valence-electron chi connectivity index (χ4n) is 5.90. The van der Waals surface area contributed by atoms with Gasteiger partial charge >= 0.3 is 0 Å².